The van der Waals surface area contributed by atoms with E-state index in [-0.39, 0.29) is 12.3 Å². The molecular formula is C6H10N2O2. The van der Waals surface area contributed by atoms with Gasteiger partial charge in [0, 0.05) is 12.6 Å². The molecule has 4 heteroatoms. The Kier molecular flexibility index (Phi) is 1.61. The first kappa shape index (κ1) is 7.05. The number of carbonyl (C=O) groups excluding carboxylic acids is 2. The van der Waals surface area contributed by atoms with E-state index in [0.29, 0.717) is 6.04 Å². The van der Waals surface area contributed by atoms with Gasteiger partial charge < -0.3 is 10.6 Å². The third-order valence-corrected chi connectivity index (χ3v) is 1.51. The number of nitrogens with two attached hydrogens (primary N) is 1. The average Bonchev–Trinajstić information content (AvgIpc) is 2.44. The largest absolute Gasteiger partial charge is 0.369 e. The summed E-state index contributed by atoms with van der Waals surface area (Å²) < 4.78 is 0. The van der Waals surface area contributed by atoms with Gasteiger partial charge in [-0.2, -0.15) is 0 Å². The molecule has 2 N–H and O–H groups in total. The van der Waals surface area contributed by atoms with Crippen molar-refractivity contribution in [2.75, 3.05) is 6.54 Å². The van der Waals surface area contributed by atoms with Crippen LogP contribution < -0.4 is 5.73 Å². The summed E-state index contributed by atoms with van der Waals surface area (Å²) in [4.78, 5) is 22.7. The van der Waals surface area contributed by atoms with Crippen molar-refractivity contribution in [2.45, 2.75) is 19.4 Å². The zero-order valence-electron chi connectivity index (χ0n) is 5.83. The Morgan fingerprint density at radius 3 is 2.50 bits per heavy atom. The van der Waals surface area contributed by atoms with Gasteiger partial charge in [-0.1, -0.05) is 0 Å². The van der Waals surface area contributed by atoms with Crippen molar-refractivity contribution in [3.05, 3.63) is 0 Å². The molecule has 0 aliphatic carbocycles. The first-order chi connectivity index (χ1) is 4.61. The molecule has 1 saturated heterocycles. The van der Waals surface area contributed by atoms with Gasteiger partial charge in [-0.25, -0.2) is 0 Å². The number of carbonyl (C=O) groups is 2. The molecule has 1 unspecified atom stereocenters. The Balaban J connectivity index is 2.30. The van der Waals surface area contributed by atoms with Crippen LogP contribution in [0.3, 0.4) is 0 Å². The SMILES string of the molecule is CC1CN1C(=O)CC(N)=O. The van der Waals surface area contributed by atoms with Crippen LogP contribution in [0.4, 0.5) is 0 Å². The highest BCUT2D eigenvalue weighted by Crippen LogP contribution is 2.16. The molecule has 1 heterocycles. The Hall–Kier alpha value is -1.06. The quantitative estimate of drug-likeness (QED) is 0.401. The monoisotopic (exact) mass is 142 g/mol. The molecule has 10 heavy (non-hydrogen) atoms. The molecule has 0 aromatic carbocycles. The lowest BCUT2D eigenvalue weighted by Crippen LogP contribution is -2.21. The lowest BCUT2D eigenvalue weighted by atomic mass is 10.4. The lowest BCUT2D eigenvalue weighted by molar-refractivity contribution is -0.131. The summed E-state index contributed by atoms with van der Waals surface area (Å²) in [5.74, 6) is -0.705. The Bertz CT molecular complexity index is 179. The third-order valence-electron chi connectivity index (χ3n) is 1.51. The summed E-state index contributed by atoms with van der Waals surface area (Å²) in [6.45, 7) is 2.70. The summed E-state index contributed by atoms with van der Waals surface area (Å²) in [7, 11) is 0. The smallest absolute Gasteiger partial charge is 0.232 e. The fourth-order valence-corrected chi connectivity index (χ4v) is 0.836. The summed E-state index contributed by atoms with van der Waals surface area (Å²) in [6, 6.07) is 0.312. The zero-order chi connectivity index (χ0) is 7.72. The van der Waals surface area contributed by atoms with Gasteiger partial charge in [0.05, 0.1) is 0 Å². The minimum absolute atomic E-state index is 0.148. The molecule has 0 aromatic heterocycles. The second-order valence-electron chi connectivity index (χ2n) is 2.54. The number of amides is 2. The predicted molar refractivity (Wildman–Crippen MR) is 35.0 cm³/mol. The van der Waals surface area contributed by atoms with E-state index >= 15 is 0 Å². The fourth-order valence-electron chi connectivity index (χ4n) is 0.836. The second kappa shape index (κ2) is 2.28. The van der Waals surface area contributed by atoms with Crippen LogP contribution in [0.15, 0.2) is 0 Å². The molecule has 0 bridgehead atoms. The van der Waals surface area contributed by atoms with Crippen molar-refractivity contribution in [1.29, 1.82) is 0 Å². The van der Waals surface area contributed by atoms with Gasteiger partial charge in [0.2, 0.25) is 11.8 Å². The molecule has 0 aromatic rings. The van der Waals surface area contributed by atoms with Crippen LogP contribution in [-0.2, 0) is 9.59 Å². The van der Waals surface area contributed by atoms with E-state index in [1.807, 2.05) is 6.92 Å². The minimum atomic E-state index is -0.552. The molecule has 0 saturated carbocycles. The number of nitrogens with zero attached hydrogens (tertiary/aromatic N) is 1. The maximum atomic E-state index is 10.9. The first-order valence-corrected chi connectivity index (χ1v) is 3.19. The number of primary amides is 1. The summed E-state index contributed by atoms with van der Waals surface area (Å²) in [6.07, 6.45) is -0.148. The maximum absolute atomic E-state index is 10.9. The molecular weight excluding hydrogens is 132 g/mol. The molecule has 1 atom stereocenters. The average molecular weight is 142 g/mol. The first-order valence-electron chi connectivity index (χ1n) is 3.19. The van der Waals surface area contributed by atoms with E-state index in [4.69, 9.17) is 5.73 Å². The Morgan fingerprint density at radius 1 is 1.70 bits per heavy atom. The van der Waals surface area contributed by atoms with Gasteiger partial charge in [0.25, 0.3) is 0 Å². The fraction of sp³-hybridized carbons (Fsp3) is 0.667. The second-order valence-corrected chi connectivity index (χ2v) is 2.54. The third kappa shape index (κ3) is 1.46. The molecule has 56 valence electrons. The molecule has 1 aliphatic rings. The van der Waals surface area contributed by atoms with E-state index in [1.165, 1.54) is 0 Å². The van der Waals surface area contributed by atoms with Crippen LogP contribution >= 0.6 is 0 Å². The minimum Gasteiger partial charge on any atom is -0.369 e. The van der Waals surface area contributed by atoms with Gasteiger partial charge in [-0.3, -0.25) is 9.59 Å². The van der Waals surface area contributed by atoms with E-state index in [1.54, 1.807) is 4.90 Å². The number of hydrogen-bond acceptors (Lipinski definition) is 2. The highest BCUT2D eigenvalue weighted by molar-refractivity contribution is 5.97. The van der Waals surface area contributed by atoms with Gasteiger partial charge in [0.1, 0.15) is 6.42 Å². The van der Waals surface area contributed by atoms with Crippen LogP contribution in [0, 0.1) is 0 Å². The maximum Gasteiger partial charge on any atom is 0.232 e. The van der Waals surface area contributed by atoms with Gasteiger partial charge in [-0.15, -0.1) is 0 Å². The zero-order valence-corrected chi connectivity index (χ0v) is 5.83. The Labute approximate surface area is 59.0 Å². The number of rotatable bonds is 2. The normalized spacial score (nSPS) is 22.5. The topological polar surface area (TPSA) is 63.2 Å². The van der Waals surface area contributed by atoms with Crippen LogP contribution in [0.1, 0.15) is 13.3 Å². The van der Waals surface area contributed by atoms with Crippen LogP contribution in [0.2, 0.25) is 0 Å². The highest BCUT2D eigenvalue weighted by Gasteiger charge is 2.34. The molecule has 0 spiro atoms. The van der Waals surface area contributed by atoms with Crippen molar-refractivity contribution < 1.29 is 9.59 Å². The molecule has 0 radical (unpaired) electrons. The van der Waals surface area contributed by atoms with Gasteiger partial charge >= 0.3 is 0 Å². The van der Waals surface area contributed by atoms with E-state index in [0.717, 1.165) is 6.54 Å². The lowest BCUT2D eigenvalue weighted by Gasteiger charge is -1.97. The summed E-state index contributed by atoms with van der Waals surface area (Å²) in [5, 5.41) is 0. The predicted octanol–water partition coefficient (Wildman–Crippen LogP) is -0.908. The van der Waals surface area contributed by atoms with Crippen molar-refractivity contribution in [2.24, 2.45) is 5.73 Å². The van der Waals surface area contributed by atoms with Crippen molar-refractivity contribution >= 4 is 11.8 Å². The molecule has 1 aliphatic heterocycles. The van der Waals surface area contributed by atoms with Gasteiger partial charge in [-0.05, 0) is 6.92 Å². The van der Waals surface area contributed by atoms with E-state index < -0.39 is 5.91 Å². The standard InChI is InChI=1S/C6H10N2O2/c1-4-3-8(4)6(10)2-5(7)9/h4H,2-3H2,1H3,(H2,7,9). The van der Waals surface area contributed by atoms with Crippen LogP contribution in [0.5, 0.6) is 0 Å². The molecule has 1 rings (SSSR count). The van der Waals surface area contributed by atoms with E-state index in [9.17, 15) is 9.59 Å². The molecule has 4 nitrogen and oxygen atoms in total. The molecule has 2 amide bonds. The van der Waals surface area contributed by atoms with Crippen molar-refractivity contribution in [1.82, 2.24) is 4.90 Å². The highest BCUT2D eigenvalue weighted by atomic mass is 16.2. The molecule has 1 fully saturated rings. The Morgan fingerprint density at radius 2 is 2.20 bits per heavy atom. The van der Waals surface area contributed by atoms with Gasteiger partial charge in [0.15, 0.2) is 0 Å². The van der Waals surface area contributed by atoms with Crippen LogP contribution in [0.25, 0.3) is 0 Å². The summed E-state index contributed by atoms with van der Waals surface area (Å²) >= 11 is 0. The van der Waals surface area contributed by atoms with Crippen molar-refractivity contribution in [3.8, 4) is 0 Å². The number of hydrogen-bond donors (Lipinski definition) is 1. The summed E-state index contributed by atoms with van der Waals surface area (Å²) in [5.41, 5.74) is 4.82. The van der Waals surface area contributed by atoms with Crippen LogP contribution in [-0.4, -0.2) is 29.3 Å². The van der Waals surface area contributed by atoms with E-state index in [2.05, 4.69) is 0 Å². The van der Waals surface area contributed by atoms with Crippen molar-refractivity contribution in [3.63, 3.8) is 0 Å².